The lowest BCUT2D eigenvalue weighted by atomic mass is 10.2. The van der Waals surface area contributed by atoms with Crippen LogP contribution in [0.3, 0.4) is 0 Å². The molecule has 0 aromatic carbocycles. The predicted octanol–water partition coefficient (Wildman–Crippen LogP) is 3.68. The van der Waals surface area contributed by atoms with Gasteiger partial charge in [0.05, 0.1) is 6.61 Å². The Morgan fingerprint density at radius 2 is 2.00 bits per heavy atom. The van der Waals surface area contributed by atoms with Crippen LogP contribution in [0.5, 0.6) is 5.88 Å². The van der Waals surface area contributed by atoms with E-state index in [0.717, 1.165) is 37.4 Å². The fraction of sp³-hybridized carbons (Fsp3) is 0.733. The van der Waals surface area contributed by atoms with Gasteiger partial charge in [-0.15, -0.1) is 0 Å². The van der Waals surface area contributed by atoms with Gasteiger partial charge in [-0.05, 0) is 18.8 Å². The molecule has 0 bridgehead atoms. The lowest BCUT2D eigenvalue weighted by Crippen LogP contribution is -2.10. The standard InChI is InChI=1S/C15H27N3O/c1-5-7-9-16-14-10-15(19-11-12(3)4)18-13(17-14)8-6-2/h10,12H,5-9,11H2,1-4H3,(H,16,17,18). The number of nitrogens with zero attached hydrogens (tertiary/aromatic N) is 2. The summed E-state index contributed by atoms with van der Waals surface area (Å²) in [4.78, 5) is 8.97. The first-order chi connectivity index (χ1) is 9.15. The van der Waals surface area contributed by atoms with Crippen LogP contribution in [0.4, 0.5) is 5.82 Å². The fourth-order valence-corrected chi connectivity index (χ4v) is 1.62. The predicted molar refractivity (Wildman–Crippen MR) is 79.8 cm³/mol. The summed E-state index contributed by atoms with van der Waals surface area (Å²) in [6.45, 7) is 10.2. The highest BCUT2D eigenvalue weighted by atomic mass is 16.5. The summed E-state index contributed by atoms with van der Waals surface area (Å²) >= 11 is 0. The van der Waals surface area contributed by atoms with Crippen LogP contribution >= 0.6 is 0 Å². The molecule has 0 fully saturated rings. The van der Waals surface area contributed by atoms with Crippen molar-refractivity contribution in [2.75, 3.05) is 18.5 Å². The number of aryl methyl sites for hydroxylation is 1. The Kier molecular flexibility index (Phi) is 7.23. The first-order valence-electron chi connectivity index (χ1n) is 7.40. The molecule has 1 aromatic rings. The molecule has 0 saturated heterocycles. The first kappa shape index (κ1) is 15.7. The normalized spacial score (nSPS) is 10.8. The summed E-state index contributed by atoms with van der Waals surface area (Å²) < 4.78 is 5.71. The van der Waals surface area contributed by atoms with Gasteiger partial charge in [-0.2, -0.15) is 4.98 Å². The van der Waals surface area contributed by atoms with Crippen molar-refractivity contribution >= 4 is 5.82 Å². The second kappa shape index (κ2) is 8.73. The van der Waals surface area contributed by atoms with E-state index in [0.29, 0.717) is 18.4 Å². The number of unbranched alkanes of at least 4 members (excludes halogenated alkanes) is 1. The van der Waals surface area contributed by atoms with Gasteiger partial charge in [-0.25, -0.2) is 4.98 Å². The maximum absolute atomic E-state index is 5.71. The maximum Gasteiger partial charge on any atom is 0.218 e. The third kappa shape index (κ3) is 6.41. The Morgan fingerprint density at radius 3 is 2.63 bits per heavy atom. The molecule has 0 aliphatic carbocycles. The van der Waals surface area contributed by atoms with Crippen LogP contribution in [0.2, 0.25) is 0 Å². The Hall–Kier alpha value is -1.32. The summed E-state index contributed by atoms with van der Waals surface area (Å²) in [5.41, 5.74) is 0. The minimum atomic E-state index is 0.501. The van der Waals surface area contributed by atoms with Gasteiger partial charge in [0.1, 0.15) is 11.6 Å². The number of rotatable bonds is 9. The van der Waals surface area contributed by atoms with Crippen molar-refractivity contribution in [3.05, 3.63) is 11.9 Å². The van der Waals surface area contributed by atoms with Gasteiger partial charge < -0.3 is 10.1 Å². The fourth-order valence-electron chi connectivity index (χ4n) is 1.62. The first-order valence-corrected chi connectivity index (χ1v) is 7.40. The van der Waals surface area contributed by atoms with E-state index in [-0.39, 0.29) is 0 Å². The van der Waals surface area contributed by atoms with Crippen LogP contribution in [0.25, 0.3) is 0 Å². The van der Waals surface area contributed by atoms with Crippen molar-refractivity contribution < 1.29 is 4.74 Å². The number of nitrogens with one attached hydrogen (secondary N) is 1. The van der Waals surface area contributed by atoms with Gasteiger partial charge in [0.15, 0.2) is 0 Å². The molecule has 19 heavy (non-hydrogen) atoms. The highest BCUT2D eigenvalue weighted by Crippen LogP contribution is 2.15. The van der Waals surface area contributed by atoms with E-state index in [1.807, 2.05) is 6.07 Å². The molecule has 0 aliphatic heterocycles. The molecule has 1 rings (SSSR count). The van der Waals surface area contributed by atoms with Crippen LogP contribution in [0.15, 0.2) is 6.07 Å². The van der Waals surface area contributed by atoms with E-state index in [9.17, 15) is 0 Å². The van der Waals surface area contributed by atoms with E-state index in [4.69, 9.17) is 4.74 Å². The summed E-state index contributed by atoms with van der Waals surface area (Å²) in [5.74, 6) is 2.93. The van der Waals surface area contributed by atoms with E-state index in [1.54, 1.807) is 0 Å². The van der Waals surface area contributed by atoms with Gasteiger partial charge in [0.2, 0.25) is 5.88 Å². The molecule has 1 heterocycles. The zero-order valence-corrected chi connectivity index (χ0v) is 12.7. The Morgan fingerprint density at radius 1 is 1.21 bits per heavy atom. The summed E-state index contributed by atoms with van der Waals surface area (Å²) in [5, 5.41) is 3.34. The van der Waals surface area contributed by atoms with Gasteiger partial charge in [-0.3, -0.25) is 0 Å². The SMILES string of the molecule is CCCCNc1cc(OCC(C)C)nc(CCC)n1. The van der Waals surface area contributed by atoms with E-state index in [2.05, 4.69) is 43.0 Å². The average Bonchev–Trinajstić information content (AvgIpc) is 2.37. The van der Waals surface area contributed by atoms with E-state index in [1.165, 1.54) is 6.42 Å². The van der Waals surface area contributed by atoms with Crippen molar-refractivity contribution in [2.45, 2.75) is 53.4 Å². The van der Waals surface area contributed by atoms with Gasteiger partial charge in [0.25, 0.3) is 0 Å². The molecule has 0 radical (unpaired) electrons. The molecular weight excluding hydrogens is 238 g/mol. The second-order valence-corrected chi connectivity index (χ2v) is 5.24. The van der Waals surface area contributed by atoms with Crippen molar-refractivity contribution in [3.8, 4) is 5.88 Å². The molecule has 4 heteroatoms. The summed E-state index contributed by atoms with van der Waals surface area (Å²) in [6, 6.07) is 1.90. The smallest absolute Gasteiger partial charge is 0.218 e. The third-order valence-electron chi connectivity index (χ3n) is 2.62. The molecule has 0 spiro atoms. The van der Waals surface area contributed by atoms with Gasteiger partial charge in [0, 0.05) is 19.0 Å². The number of aromatic nitrogens is 2. The highest BCUT2D eigenvalue weighted by molar-refractivity contribution is 5.38. The summed E-state index contributed by atoms with van der Waals surface area (Å²) in [7, 11) is 0. The van der Waals surface area contributed by atoms with Gasteiger partial charge in [-0.1, -0.05) is 34.1 Å². The van der Waals surface area contributed by atoms with Crippen molar-refractivity contribution in [1.29, 1.82) is 0 Å². The number of hydrogen-bond donors (Lipinski definition) is 1. The lowest BCUT2D eigenvalue weighted by Gasteiger charge is -2.11. The molecular formula is C15H27N3O. The quantitative estimate of drug-likeness (QED) is 0.692. The van der Waals surface area contributed by atoms with Crippen LogP contribution in [-0.4, -0.2) is 23.1 Å². The molecule has 0 saturated carbocycles. The zero-order valence-electron chi connectivity index (χ0n) is 12.7. The van der Waals surface area contributed by atoms with Crippen LogP contribution in [0.1, 0.15) is 52.8 Å². The van der Waals surface area contributed by atoms with Crippen LogP contribution in [0, 0.1) is 5.92 Å². The monoisotopic (exact) mass is 265 g/mol. The molecule has 0 atom stereocenters. The van der Waals surface area contributed by atoms with Crippen LogP contribution in [-0.2, 0) is 6.42 Å². The molecule has 0 amide bonds. The van der Waals surface area contributed by atoms with Crippen LogP contribution < -0.4 is 10.1 Å². The van der Waals surface area contributed by atoms with Crippen molar-refractivity contribution in [2.24, 2.45) is 5.92 Å². The van der Waals surface area contributed by atoms with Gasteiger partial charge >= 0.3 is 0 Å². The van der Waals surface area contributed by atoms with Crippen molar-refractivity contribution in [3.63, 3.8) is 0 Å². The van der Waals surface area contributed by atoms with E-state index < -0.39 is 0 Å². The summed E-state index contributed by atoms with van der Waals surface area (Å²) in [6.07, 6.45) is 4.26. The molecule has 4 nitrogen and oxygen atoms in total. The lowest BCUT2D eigenvalue weighted by molar-refractivity contribution is 0.260. The zero-order chi connectivity index (χ0) is 14.1. The minimum absolute atomic E-state index is 0.501. The Balaban J connectivity index is 2.71. The third-order valence-corrected chi connectivity index (χ3v) is 2.62. The molecule has 0 aliphatic rings. The molecule has 1 aromatic heterocycles. The number of hydrogen-bond acceptors (Lipinski definition) is 4. The highest BCUT2D eigenvalue weighted by Gasteiger charge is 2.06. The Labute approximate surface area is 117 Å². The maximum atomic E-state index is 5.71. The molecule has 0 unspecified atom stereocenters. The molecule has 108 valence electrons. The Bertz CT molecular complexity index is 366. The van der Waals surface area contributed by atoms with Crippen molar-refractivity contribution in [1.82, 2.24) is 9.97 Å². The topological polar surface area (TPSA) is 47.0 Å². The largest absolute Gasteiger partial charge is 0.477 e. The number of anilines is 1. The molecule has 1 N–H and O–H groups in total. The second-order valence-electron chi connectivity index (χ2n) is 5.24. The van der Waals surface area contributed by atoms with E-state index >= 15 is 0 Å². The average molecular weight is 265 g/mol. The number of ether oxygens (including phenoxy) is 1. The minimum Gasteiger partial charge on any atom is -0.477 e.